The second kappa shape index (κ2) is 6.93. The third kappa shape index (κ3) is 3.98. The molecule has 0 saturated carbocycles. The van der Waals surface area contributed by atoms with Gasteiger partial charge in [-0.3, -0.25) is 4.79 Å². The van der Waals surface area contributed by atoms with Gasteiger partial charge in [0.1, 0.15) is 5.52 Å². The molecule has 1 heterocycles. The molecule has 1 unspecified atom stereocenters. The van der Waals surface area contributed by atoms with Crippen molar-refractivity contribution in [1.82, 2.24) is 4.98 Å². The number of aliphatic carboxylic acids is 1. The molecule has 0 aliphatic rings. The summed E-state index contributed by atoms with van der Waals surface area (Å²) in [6.07, 6.45) is 2.87. The summed E-state index contributed by atoms with van der Waals surface area (Å²) in [5, 5.41) is 11.9. The minimum atomic E-state index is -0.727. The number of rotatable bonds is 8. The molecule has 0 amide bonds. The maximum atomic E-state index is 10.6. The highest BCUT2D eigenvalue weighted by Crippen LogP contribution is 2.19. The second-order valence-corrected chi connectivity index (χ2v) is 4.91. The van der Waals surface area contributed by atoms with Gasteiger partial charge in [-0.25, -0.2) is 0 Å². The zero-order chi connectivity index (χ0) is 14.4. The van der Waals surface area contributed by atoms with Gasteiger partial charge in [0.15, 0.2) is 5.58 Å². The Balaban J connectivity index is 1.80. The third-order valence-corrected chi connectivity index (χ3v) is 3.47. The molecule has 5 nitrogen and oxygen atoms in total. The van der Waals surface area contributed by atoms with E-state index in [1.165, 1.54) is 0 Å². The number of nitrogens with one attached hydrogen (secondary N) is 1. The van der Waals surface area contributed by atoms with Gasteiger partial charge >= 0.3 is 5.97 Å². The zero-order valence-corrected chi connectivity index (χ0v) is 11.6. The lowest BCUT2D eigenvalue weighted by Gasteiger charge is -2.13. The number of hydrogen-bond donors (Lipinski definition) is 2. The number of para-hydroxylation sites is 2. The van der Waals surface area contributed by atoms with E-state index >= 15 is 0 Å². The number of oxazole rings is 1. The number of carboxylic acids is 1. The molecule has 20 heavy (non-hydrogen) atoms. The molecule has 2 aromatic rings. The number of carbonyl (C=O) groups is 1. The highest BCUT2D eigenvalue weighted by atomic mass is 16.4. The van der Waals surface area contributed by atoms with Crippen LogP contribution >= 0.6 is 0 Å². The van der Waals surface area contributed by atoms with Crippen LogP contribution in [-0.4, -0.2) is 22.6 Å². The van der Waals surface area contributed by atoms with Gasteiger partial charge < -0.3 is 14.8 Å². The molecule has 0 aliphatic carbocycles. The van der Waals surface area contributed by atoms with Crippen LogP contribution in [0.1, 0.15) is 32.6 Å². The van der Waals surface area contributed by atoms with E-state index in [-0.39, 0.29) is 6.42 Å². The van der Waals surface area contributed by atoms with E-state index < -0.39 is 5.97 Å². The molecule has 0 fully saturated rings. The molecule has 1 aromatic heterocycles. The largest absolute Gasteiger partial charge is 0.481 e. The van der Waals surface area contributed by atoms with Crippen molar-refractivity contribution in [2.24, 2.45) is 5.92 Å². The Labute approximate surface area is 118 Å². The summed E-state index contributed by atoms with van der Waals surface area (Å²) >= 11 is 0. The lowest BCUT2D eigenvalue weighted by molar-refractivity contribution is -0.137. The average molecular weight is 276 g/mol. The van der Waals surface area contributed by atoms with E-state index in [1.807, 2.05) is 24.3 Å². The fourth-order valence-corrected chi connectivity index (χ4v) is 2.21. The third-order valence-electron chi connectivity index (χ3n) is 3.47. The Morgan fingerprint density at radius 2 is 2.20 bits per heavy atom. The van der Waals surface area contributed by atoms with Crippen molar-refractivity contribution in [3.63, 3.8) is 0 Å². The van der Waals surface area contributed by atoms with Crippen LogP contribution in [0.15, 0.2) is 28.7 Å². The summed E-state index contributed by atoms with van der Waals surface area (Å²) in [6.45, 7) is 2.83. The number of benzene rings is 1. The predicted molar refractivity (Wildman–Crippen MR) is 77.8 cm³/mol. The number of hydrogen-bond acceptors (Lipinski definition) is 4. The van der Waals surface area contributed by atoms with E-state index in [1.54, 1.807) is 0 Å². The number of carboxylic acid groups (broad SMARTS) is 1. The minimum absolute atomic E-state index is 0.237. The molecule has 108 valence electrons. The van der Waals surface area contributed by atoms with E-state index in [0.29, 0.717) is 11.9 Å². The molecule has 2 rings (SSSR count). The van der Waals surface area contributed by atoms with Crippen molar-refractivity contribution in [3.05, 3.63) is 24.3 Å². The zero-order valence-electron chi connectivity index (χ0n) is 11.6. The maximum absolute atomic E-state index is 10.6. The van der Waals surface area contributed by atoms with Crippen molar-refractivity contribution in [3.8, 4) is 0 Å². The Morgan fingerprint density at radius 1 is 1.40 bits per heavy atom. The number of aromatic nitrogens is 1. The van der Waals surface area contributed by atoms with Crippen LogP contribution in [-0.2, 0) is 4.79 Å². The van der Waals surface area contributed by atoms with Gasteiger partial charge in [-0.05, 0) is 30.9 Å². The molecule has 0 radical (unpaired) electrons. The van der Waals surface area contributed by atoms with Crippen molar-refractivity contribution in [2.75, 3.05) is 11.9 Å². The Hall–Kier alpha value is -2.04. The molecule has 1 aromatic carbocycles. The van der Waals surface area contributed by atoms with Crippen LogP contribution in [0, 0.1) is 5.92 Å². The maximum Gasteiger partial charge on any atom is 0.303 e. The first-order chi connectivity index (χ1) is 9.69. The lowest BCUT2D eigenvalue weighted by atomic mass is 9.97. The first kappa shape index (κ1) is 14.4. The molecular formula is C15H20N2O3. The predicted octanol–water partition coefficient (Wildman–Crippen LogP) is 3.52. The molecule has 0 bridgehead atoms. The minimum Gasteiger partial charge on any atom is -0.481 e. The van der Waals surface area contributed by atoms with Gasteiger partial charge in [-0.15, -0.1) is 0 Å². The Morgan fingerprint density at radius 3 is 2.90 bits per heavy atom. The summed E-state index contributed by atoms with van der Waals surface area (Å²) < 4.78 is 5.57. The van der Waals surface area contributed by atoms with Gasteiger partial charge in [-0.2, -0.15) is 4.98 Å². The summed E-state index contributed by atoms with van der Waals surface area (Å²) in [5.41, 5.74) is 1.61. The van der Waals surface area contributed by atoms with E-state index in [9.17, 15) is 4.79 Å². The van der Waals surface area contributed by atoms with Crippen molar-refractivity contribution < 1.29 is 14.3 Å². The Kier molecular flexibility index (Phi) is 4.98. The van der Waals surface area contributed by atoms with Gasteiger partial charge in [0.2, 0.25) is 0 Å². The lowest BCUT2D eigenvalue weighted by Crippen LogP contribution is -2.10. The monoisotopic (exact) mass is 276 g/mol. The van der Waals surface area contributed by atoms with Crippen molar-refractivity contribution >= 4 is 23.1 Å². The smallest absolute Gasteiger partial charge is 0.303 e. The van der Waals surface area contributed by atoms with E-state index in [4.69, 9.17) is 9.52 Å². The van der Waals surface area contributed by atoms with Crippen LogP contribution in [0.4, 0.5) is 6.01 Å². The highest BCUT2D eigenvalue weighted by molar-refractivity contribution is 5.74. The average Bonchev–Trinajstić information content (AvgIpc) is 2.85. The van der Waals surface area contributed by atoms with Gasteiger partial charge in [-0.1, -0.05) is 25.5 Å². The molecule has 1 atom stereocenters. The fourth-order valence-electron chi connectivity index (χ4n) is 2.21. The van der Waals surface area contributed by atoms with Crippen LogP contribution in [0.5, 0.6) is 0 Å². The quantitative estimate of drug-likeness (QED) is 0.771. The van der Waals surface area contributed by atoms with Crippen LogP contribution in [0.25, 0.3) is 11.1 Å². The fraction of sp³-hybridized carbons (Fsp3) is 0.467. The normalized spacial score (nSPS) is 12.4. The second-order valence-electron chi connectivity index (χ2n) is 4.91. The summed E-state index contributed by atoms with van der Waals surface area (Å²) in [5.74, 6) is -0.307. The molecular weight excluding hydrogens is 256 g/mol. The van der Waals surface area contributed by atoms with Gasteiger partial charge in [0.05, 0.1) is 0 Å². The SMILES string of the molecule is CCC(CCNc1nc2ccccc2o1)CCC(=O)O. The van der Waals surface area contributed by atoms with Crippen molar-refractivity contribution in [2.45, 2.75) is 32.6 Å². The number of anilines is 1. The van der Waals surface area contributed by atoms with Crippen molar-refractivity contribution in [1.29, 1.82) is 0 Å². The molecule has 0 saturated heterocycles. The Bertz CT molecular complexity index is 532. The van der Waals surface area contributed by atoms with E-state index in [2.05, 4.69) is 17.2 Å². The summed E-state index contributed by atoms with van der Waals surface area (Å²) in [7, 11) is 0. The summed E-state index contributed by atoms with van der Waals surface area (Å²) in [4.78, 5) is 14.9. The highest BCUT2D eigenvalue weighted by Gasteiger charge is 2.10. The number of fused-ring (bicyclic) bond motifs is 1. The molecule has 5 heteroatoms. The van der Waals surface area contributed by atoms with Gasteiger partial charge in [0.25, 0.3) is 6.01 Å². The van der Waals surface area contributed by atoms with Crippen LogP contribution in [0.2, 0.25) is 0 Å². The molecule has 2 N–H and O–H groups in total. The van der Waals surface area contributed by atoms with Crippen LogP contribution in [0.3, 0.4) is 0 Å². The first-order valence-corrected chi connectivity index (χ1v) is 7.00. The molecule has 0 aliphatic heterocycles. The van der Waals surface area contributed by atoms with Gasteiger partial charge in [0, 0.05) is 13.0 Å². The topological polar surface area (TPSA) is 75.4 Å². The van der Waals surface area contributed by atoms with Crippen LogP contribution < -0.4 is 5.32 Å². The molecule has 0 spiro atoms. The summed E-state index contributed by atoms with van der Waals surface area (Å²) in [6, 6.07) is 8.16. The van der Waals surface area contributed by atoms with E-state index in [0.717, 1.165) is 36.9 Å². The first-order valence-electron chi connectivity index (χ1n) is 7.00. The number of nitrogens with zero attached hydrogens (tertiary/aromatic N) is 1. The standard InChI is InChI=1S/C15H20N2O3/c1-2-11(7-8-14(18)19)9-10-16-15-17-12-5-3-4-6-13(12)20-15/h3-6,11H,2,7-10H2,1H3,(H,16,17)(H,18,19).